The van der Waals surface area contributed by atoms with Crippen molar-refractivity contribution < 1.29 is 37.1 Å². The van der Waals surface area contributed by atoms with Crippen LogP contribution in [0.15, 0.2) is 47.4 Å². The van der Waals surface area contributed by atoms with Crippen molar-refractivity contribution in [1.29, 1.82) is 0 Å². The molecule has 3 amide bonds. The Hall–Kier alpha value is -5.77. The van der Waals surface area contributed by atoms with Gasteiger partial charge in [-0.25, -0.2) is 8.42 Å². The summed E-state index contributed by atoms with van der Waals surface area (Å²) in [6, 6.07) is 9.42. The van der Waals surface area contributed by atoms with Gasteiger partial charge in [-0.15, -0.1) is 0 Å². The van der Waals surface area contributed by atoms with E-state index in [1.54, 1.807) is 37.5 Å². The van der Waals surface area contributed by atoms with Gasteiger partial charge in [-0.05, 0) is 86.3 Å². The van der Waals surface area contributed by atoms with Crippen LogP contribution in [0, 0.1) is 5.92 Å². The van der Waals surface area contributed by atoms with Crippen LogP contribution in [0.5, 0.6) is 5.75 Å². The highest BCUT2D eigenvalue weighted by Crippen LogP contribution is 2.40. The Balaban J connectivity index is 1.24. The molecule has 1 aliphatic heterocycles. The van der Waals surface area contributed by atoms with Gasteiger partial charge in [0.25, 0.3) is 17.4 Å². The van der Waals surface area contributed by atoms with Gasteiger partial charge in [0.15, 0.2) is 6.29 Å². The van der Waals surface area contributed by atoms with Gasteiger partial charge in [0.05, 0.1) is 35.3 Å². The lowest BCUT2D eigenvalue weighted by atomic mass is 9.95. The predicted molar refractivity (Wildman–Crippen MR) is 220 cm³/mol. The normalized spacial score (nSPS) is 15.4. The number of aldehydes is 2. The minimum Gasteiger partial charge on any atom is -0.490 e. The number of carbonyl (C=O) groups is 5. The van der Waals surface area contributed by atoms with E-state index in [0.29, 0.717) is 53.2 Å². The summed E-state index contributed by atoms with van der Waals surface area (Å²) in [4.78, 5) is 80.3. The number of aryl methyl sites for hydroxylation is 2. The van der Waals surface area contributed by atoms with Crippen molar-refractivity contribution in [3.63, 3.8) is 0 Å². The van der Waals surface area contributed by atoms with Gasteiger partial charge in [0.2, 0.25) is 15.9 Å². The van der Waals surface area contributed by atoms with Crippen LogP contribution in [0.25, 0.3) is 22.0 Å². The van der Waals surface area contributed by atoms with E-state index in [-0.39, 0.29) is 77.8 Å². The fourth-order valence-corrected chi connectivity index (χ4v) is 8.41. The van der Waals surface area contributed by atoms with E-state index in [4.69, 9.17) is 4.74 Å². The second kappa shape index (κ2) is 17.8. The Morgan fingerprint density at radius 3 is 2.48 bits per heavy atom. The summed E-state index contributed by atoms with van der Waals surface area (Å²) in [5.74, 6) is -0.675. The van der Waals surface area contributed by atoms with Crippen LogP contribution in [0.2, 0.25) is 0 Å². The molecule has 2 aromatic carbocycles. The fraction of sp³-hybridized carbons (Fsp3) is 0.429. The zero-order valence-electron chi connectivity index (χ0n) is 33.2. The van der Waals surface area contributed by atoms with E-state index in [0.717, 1.165) is 49.5 Å². The zero-order chi connectivity index (χ0) is 41.7. The first-order chi connectivity index (χ1) is 27.7. The van der Waals surface area contributed by atoms with Crippen LogP contribution < -0.4 is 25.7 Å². The Bertz CT molecular complexity index is 2420. The number of pyridine rings is 1. The number of fused-ring (bicyclic) bond motifs is 2. The first-order valence-corrected chi connectivity index (χ1v) is 21.5. The molecule has 1 saturated carbocycles. The van der Waals surface area contributed by atoms with Gasteiger partial charge in [-0.2, -0.15) is 0 Å². The van der Waals surface area contributed by atoms with Crippen molar-refractivity contribution in [2.24, 2.45) is 13.0 Å². The van der Waals surface area contributed by atoms with Gasteiger partial charge in [-0.1, -0.05) is 25.5 Å². The van der Waals surface area contributed by atoms with E-state index in [9.17, 15) is 37.2 Å². The maximum atomic E-state index is 14.0. The predicted octanol–water partition coefficient (Wildman–Crippen LogP) is 4.48. The maximum Gasteiger partial charge on any atom is 0.274 e. The van der Waals surface area contributed by atoms with E-state index in [1.807, 2.05) is 19.1 Å². The summed E-state index contributed by atoms with van der Waals surface area (Å²) >= 11 is 0. The van der Waals surface area contributed by atoms with E-state index >= 15 is 0 Å². The van der Waals surface area contributed by atoms with Crippen LogP contribution in [-0.4, -0.2) is 85.2 Å². The van der Waals surface area contributed by atoms with E-state index in [1.165, 1.54) is 16.5 Å². The smallest absolute Gasteiger partial charge is 0.274 e. The van der Waals surface area contributed by atoms with Crippen LogP contribution in [0.3, 0.4) is 0 Å². The van der Waals surface area contributed by atoms with Crippen molar-refractivity contribution in [3.05, 3.63) is 80.9 Å². The molecule has 1 fully saturated rings. The van der Waals surface area contributed by atoms with Crippen molar-refractivity contribution in [2.75, 3.05) is 24.6 Å². The number of H-pyrrole nitrogens is 1. The van der Waals surface area contributed by atoms with E-state index in [2.05, 4.69) is 20.3 Å². The molecule has 0 bridgehead atoms. The second-order valence-corrected chi connectivity index (χ2v) is 17.1. The number of rotatable bonds is 17. The summed E-state index contributed by atoms with van der Waals surface area (Å²) in [6.07, 6.45) is 9.99. The fourth-order valence-electron chi connectivity index (χ4n) is 7.84. The van der Waals surface area contributed by atoms with Crippen molar-refractivity contribution in [3.8, 4) is 16.9 Å². The highest BCUT2D eigenvalue weighted by molar-refractivity contribution is 7.92. The summed E-state index contributed by atoms with van der Waals surface area (Å²) in [5, 5.41) is 5.96. The van der Waals surface area contributed by atoms with Crippen LogP contribution >= 0.6 is 0 Å². The molecule has 58 heavy (non-hydrogen) atoms. The number of carbonyl (C=O) groups excluding carboxylic acids is 5. The number of sulfonamides is 1. The molecule has 16 heteroatoms. The number of nitrogens with zero attached hydrogens (tertiary/aromatic N) is 2. The number of benzene rings is 2. The lowest BCUT2D eigenvalue weighted by Gasteiger charge is -2.26. The molecule has 2 aromatic heterocycles. The summed E-state index contributed by atoms with van der Waals surface area (Å²) < 4.78 is 35.9. The third-order valence-corrected chi connectivity index (χ3v) is 11.6. The van der Waals surface area contributed by atoms with Gasteiger partial charge < -0.3 is 34.6 Å². The third kappa shape index (κ3) is 9.33. The number of nitrogens with one attached hydrogen (secondary N) is 4. The molecule has 3 heterocycles. The number of amides is 3. The number of hydrogen-bond acceptors (Lipinski definition) is 9. The highest BCUT2D eigenvalue weighted by atomic mass is 32.2. The number of aromatic amines is 1. The Kier molecular flexibility index (Phi) is 12.8. The minimum atomic E-state index is -3.87. The monoisotopic (exact) mass is 814 g/mol. The molecule has 0 radical (unpaired) electrons. The Labute approximate surface area is 337 Å². The third-order valence-electron chi connectivity index (χ3n) is 11.0. The quantitative estimate of drug-likeness (QED) is 0.111. The molecule has 0 spiro atoms. The zero-order valence-corrected chi connectivity index (χ0v) is 34.0. The first kappa shape index (κ1) is 41.9. The van der Waals surface area contributed by atoms with Gasteiger partial charge in [0, 0.05) is 61.9 Å². The lowest BCUT2D eigenvalue weighted by Crippen LogP contribution is -2.37. The summed E-state index contributed by atoms with van der Waals surface area (Å²) in [7, 11) is -0.773. The number of hydrogen-bond donors (Lipinski definition) is 4. The molecule has 1 aliphatic carbocycles. The largest absolute Gasteiger partial charge is 0.490 e. The van der Waals surface area contributed by atoms with Crippen molar-refractivity contribution in [1.82, 2.24) is 25.1 Å². The van der Waals surface area contributed by atoms with Crippen molar-refractivity contribution >= 4 is 56.9 Å². The standard InChI is InChI=1S/C42H50N6O9S/c1-25(13-14-26-9-8-12-30-34(26)22-48(41(30)53)28(24-50)15-16-38(51)43-2)20-44-40(52)33-19-37(57-29-10-6-5-7-11-29)31(18-36(33)46-58(4,55)56)35-21-47(3)42(54)39-32(35)17-27(23-49)45-39/h8-9,12,17-19,21,23-25,28-29,45-46H,5-7,10-11,13-16,20,22H2,1-4H3,(H,43,51)(H,44,52). The minimum absolute atomic E-state index is 0.0184. The Morgan fingerprint density at radius 2 is 1.79 bits per heavy atom. The molecule has 2 aliphatic rings. The number of anilines is 1. The molecule has 2 atom stereocenters. The molecule has 15 nitrogen and oxygen atoms in total. The maximum absolute atomic E-state index is 14.0. The van der Waals surface area contributed by atoms with Gasteiger partial charge in [-0.3, -0.25) is 28.7 Å². The Morgan fingerprint density at radius 1 is 1.03 bits per heavy atom. The van der Waals surface area contributed by atoms with E-state index < -0.39 is 22.0 Å². The average Bonchev–Trinajstić information content (AvgIpc) is 3.80. The number of ether oxygens (including phenoxy) is 1. The summed E-state index contributed by atoms with van der Waals surface area (Å²) in [5.41, 5.74) is 3.39. The molecule has 308 valence electrons. The molecule has 4 aromatic rings. The van der Waals surface area contributed by atoms with Gasteiger partial charge in [0.1, 0.15) is 17.6 Å². The van der Waals surface area contributed by atoms with Gasteiger partial charge >= 0.3 is 0 Å². The first-order valence-electron chi connectivity index (χ1n) is 19.6. The van der Waals surface area contributed by atoms with Crippen LogP contribution in [-0.2, 0) is 39.6 Å². The van der Waals surface area contributed by atoms with Crippen LogP contribution in [0.1, 0.15) is 101 Å². The SMILES string of the molecule is CNC(=O)CCC(C=O)N1Cc2c(CCC(C)CNC(=O)c3cc(OC4CCCCC4)c(-c4cn(C)c(=O)c5[nH]c(C=O)cc45)cc3NS(C)(=O)=O)cccc2C1=O. The molecular weight excluding hydrogens is 765 g/mol. The van der Waals surface area contributed by atoms with Crippen molar-refractivity contribution in [2.45, 2.75) is 83.4 Å². The molecule has 4 N–H and O–H groups in total. The molecule has 0 saturated heterocycles. The topological polar surface area (TPSA) is 206 Å². The second-order valence-electron chi connectivity index (χ2n) is 15.4. The molecule has 6 rings (SSSR count). The number of aromatic nitrogens is 2. The average molecular weight is 815 g/mol. The van der Waals surface area contributed by atoms with Crippen LogP contribution in [0.4, 0.5) is 5.69 Å². The lowest BCUT2D eigenvalue weighted by molar-refractivity contribution is -0.121. The highest BCUT2D eigenvalue weighted by Gasteiger charge is 2.34. The summed E-state index contributed by atoms with van der Waals surface area (Å²) in [6.45, 7) is 2.49. The molecular formula is C42H50N6O9S. The molecule has 2 unspecified atom stereocenters.